The lowest BCUT2D eigenvalue weighted by Crippen LogP contribution is -2.32. The van der Waals surface area contributed by atoms with Gasteiger partial charge in [-0.2, -0.15) is 5.10 Å². The third kappa shape index (κ3) is 4.34. The van der Waals surface area contributed by atoms with Crippen molar-refractivity contribution in [2.75, 3.05) is 38.7 Å². The summed E-state index contributed by atoms with van der Waals surface area (Å²) in [7, 11) is 1.64. The summed E-state index contributed by atoms with van der Waals surface area (Å²) < 4.78 is 10.4. The van der Waals surface area contributed by atoms with E-state index in [1.54, 1.807) is 13.3 Å². The zero-order chi connectivity index (χ0) is 16.1. The van der Waals surface area contributed by atoms with E-state index in [9.17, 15) is 0 Å². The fourth-order valence-electron chi connectivity index (χ4n) is 2.05. The van der Waals surface area contributed by atoms with Crippen molar-refractivity contribution in [2.45, 2.75) is 0 Å². The summed E-state index contributed by atoms with van der Waals surface area (Å²) in [6.45, 7) is 3.00. The Hall–Kier alpha value is -1.83. The van der Waals surface area contributed by atoms with Crippen molar-refractivity contribution < 1.29 is 9.47 Å². The van der Waals surface area contributed by atoms with E-state index in [0.717, 1.165) is 34.5 Å². The highest BCUT2D eigenvalue weighted by Gasteiger charge is 2.10. The van der Waals surface area contributed by atoms with Gasteiger partial charge in [-0.3, -0.25) is 5.01 Å². The molecule has 0 spiro atoms. The molecular weight excluding hydrogens is 336 g/mol. The van der Waals surface area contributed by atoms with Gasteiger partial charge < -0.3 is 14.8 Å². The molecule has 2 aromatic rings. The van der Waals surface area contributed by atoms with Crippen LogP contribution >= 0.6 is 22.9 Å². The molecule has 6 nitrogen and oxygen atoms in total. The summed E-state index contributed by atoms with van der Waals surface area (Å²) in [4.78, 5) is 5.15. The number of nitrogens with one attached hydrogen (secondary N) is 1. The van der Waals surface area contributed by atoms with Gasteiger partial charge in [-0.25, -0.2) is 4.98 Å². The Balaban J connectivity index is 1.66. The summed E-state index contributed by atoms with van der Waals surface area (Å²) in [6.07, 6.45) is 1.75. The molecule has 1 aliphatic heterocycles. The lowest BCUT2D eigenvalue weighted by Gasteiger charge is -2.23. The molecule has 122 valence electrons. The number of methoxy groups -OCH3 is 1. The summed E-state index contributed by atoms with van der Waals surface area (Å²) >= 11 is 7.64. The van der Waals surface area contributed by atoms with Gasteiger partial charge in [0.1, 0.15) is 5.75 Å². The molecule has 0 saturated carbocycles. The largest absolute Gasteiger partial charge is 0.497 e. The maximum absolute atomic E-state index is 6.18. The minimum Gasteiger partial charge on any atom is -0.497 e. The first-order chi connectivity index (χ1) is 11.2. The lowest BCUT2D eigenvalue weighted by molar-refractivity contribution is 0.0397. The first kappa shape index (κ1) is 16.0. The van der Waals surface area contributed by atoms with Gasteiger partial charge in [0.25, 0.3) is 0 Å². The number of halogens is 1. The minimum atomic E-state index is 0.447. The highest BCUT2D eigenvalue weighted by Crippen LogP contribution is 2.28. The molecule has 1 aliphatic rings. The minimum absolute atomic E-state index is 0.447. The van der Waals surface area contributed by atoms with Gasteiger partial charge in [0.05, 0.1) is 44.5 Å². The Morgan fingerprint density at radius 1 is 1.35 bits per heavy atom. The second kappa shape index (κ2) is 7.63. The SMILES string of the molecule is COc1ccc(Nc2nc(Cl)c(/C=N\N3CCOCC3)s2)cc1. The van der Waals surface area contributed by atoms with Crippen LogP contribution in [0.15, 0.2) is 29.4 Å². The van der Waals surface area contributed by atoms with Gasteiger partial charge >= 0.3 is 0 Å². The molecule has 0 unspecified atom stereocenters. The second-order valence-corrected chi connectivity index (χ2v) is 6.23. The van der Waals surface area contributed by atoms with E-state index in [0.29, 0.717) is 18.4 Å². The lowest BCUT2D eigenvalue weighted by atomic mass is 10.3. The number of aromatic nitrogens is 1. The van der Waals surface area contributed by atoms with E-state index in [1.165, 1.54) is 11.3 Å². The molecule has 1 saturated heterocycles. The Morgan fingerprint density at radius 2 is 2.09 bits per heavy atom. The number of rotatable bonds is 5. The zero-order valence-corrected chi connectivity index (χ0v) is 14.2. The van der Waals surface area contributed by atoms with Gasteiger partial charge in [0.2, 0.25) is 0 Å². The van der Waals surface area contributed by atoms with E-state index >= 15 is 0 Å². The van der Waals surface area contributed by atoms with Crippen molar-refractivity contribution in [3.8, 4) is 5.75 Å². The van der Waals surface area contributed by atoms with E-state index in [-0.39, 0.29) is 0 Å². The number of thiazole rings is 1. The Labute approximate surface area is 143 Å². The van der Waals surface area contributed by atoms with Crippen molar-refractivity contribution in [2.24, 2.45) is 5.10 Å². The third-order valence-electron chi connectivity index (χ3n) is 3.28. The average Bonchev–Trinajstić information content (AvgIpc) is 2.94. The van der Waals surface area contributed by atoms with Crippen molar-refractivity contribution in [3.63, 3.8) is 0 Å². The second-order valence-electron chi connectivity index (χ2n) is 4.84. The van der Waals surface area contributed by atoms with Gasteiger partial charge in [-0.15, -0.1) is 0 Å². The van der Waals surface area contributed by atoms with Crippen molar-refractivity contribution in [1.82, 2.24) is 9.99 Å². The monoisotopic (exact) mass is 352 g/mol. The molecule has 1 aromatic carbocycles. The van der Waals surface area contributed by atoms with Crippen LogP contribution < -0.4 is 10.1 Å². The van der Waals surface area contributed by atoms with Crippen LogP contribution in [0.4, 0.5) is 10.8 Å². The fraction of sp³-hybridized carbons (Fsp3) is 0.333. The smallest absolute Gasteiger partial charge is 0.189 e. The summed E-state index contributed by atoms with van der Waals surface area (Å²) in [5.41, 5.74) is 0.924. The first-order valence-corrected chi connectivity index (χ1v) is 8.38. The molecule has 2 heterocycles. The molecule has 0 atom stereocenters. The van der Waals surface area contributed by atoms with Crippen LogP contribution in [0, 0.1) is 0 Å². The number of morpholine rings is 1. The van der Waals surface area contributed by atoms with Crippen molar-refractivity contribution >= 4 is 40.0 Å². The van der Waals surface area contributed by atoms with Gasteiger partial charge in [-0.1, -0.05) is 22.9 Å². The molecule has 3 rings (SSSR count). The zero-order valence-electron chi connectivity index (χ0n) is 12.7. The summed E-state index contributed by atoms with van der Waals surface area (Å²) in [6, 6.07) is 7.63. The van der Waals surface area contributed by atoms with Gasteiger partial charge in [0, 0.05) is 5.69 Å². The van der Waals surface area contributed by atoms with Gasteiger partial charge in [0.15, 0.2) is 10.3 Å². The topological polar surface area (TPSA) is 59.0 Å². The number of nitrogens with zero attached hydrogens (tertiary/aromatic N) is 3. The normalized spacial score (nSPS) is 15.1. The van der Waals surface area contributed by atoms with E-state index in [4.69, 9.17) is 21.1 Å². The van der Waals surface area contributed by atoms with E-state index in [1.807, 2.05) is 29.3 Å². The van der Waals surface area contributed by atoms with Crippen LogP contribution in [0.1, 0.15) is 4.88 Å². The Morgan fingerprint density at radius 3 is 2.78 bits per heavy atom. The molecule has 23 heavy (non-hydrogen) atoms. The average molecular weight is 353 g/mol. The number of benzene rings is 1. The van der Waals surface area contributed by atoms with Crippen LogP contribution in [-0.2, 0) is 4.74 Å². The van der Waals surface area contributed by atoms with Crippen LogP contribution in [0.2, 0.25) is 5.15 Å². The maximum Gasteiger partial charge on any atom is 0.189 e. The standard InChI is InChI=1S/C15H17ClN4O2S/c1-21-12-4-2-11(3-5-12)18-15-19-14(16)13(23-15)10-17-20-6-8-22-9-7-20/h2-5,10H,6-9H2,1H3,(H,18,19)/b17-10-. The quantitative estimate of drug-likeness (QED) is 0.837. The highest BCUT2D eigenvalue weighted by atomic mass is 35.5. The molecule has 1 aromatic heterocycles. The van der Waals surface area contributed by atoms with Gasteiger partial charge in [-0.05, 0) is 24.3 Å². The number of hydrogen-bond acceptors (Lipinski definition) is 7. The van der Waals surface area contributed by atoms with Crippen LogP contribution in [0.5, 0.6) is 5.75 Å². The summed E-state index contributed by atoms with van der Waals surface area (Å²) in [5.74, 6) is 0.811. The predicted molar refractivity (Wildman–Crippen MR) is 93.4 cm³/mol. The molecule has 0 aliphatic carbocycles. The summed E-state index contributed by atoms with van der Waals surface area (Å²) in [5, 5.41) is 10.8. The van der Waals surface area contributed by atoms with Crippen molar-refractivity contribution in [1.29, 1.82) is 0 Å². The predicted octanol–water partition coefficient (Wildman–Crippen LogP) is 3.21. The molecule has 1 N–H and O–H groups in total. The molecule has 0 amide bonds. The number of ether oxygens (including phenoxy) is 2. The van der Waals surface area contributed by atoms with Crippen LogP contribution in [-0.4, -0.2) is 49.6 Å². The number of anilines is 2. The van der Waals surface area contributed by atoms with E-state index < -0.39 is 0 Å². The Kier molecular flexibility index (Phi) is 5.32. The highest BCUT2D eigenvalue weighted by molar-refractivity contribution is 7.17. The molecule has 0 radical (unpaired) electrons. The molecule has 0 bridgehead atoms. The Bertz CT molecular complexity index is 669. The number of hydrazone groups is 1. The maximum atomic E-state index is 6.18. The third-order valence-corrected chi connectivity index (χ3v) is 4.58. The molecule has 8 heteroatoms. The van der Waals surface area contributed by atoms with Crippen molar-refractivity contribution in [3.05, 3.63) is 34.3 Å². The van der Waals surface area contributed by atoms with Crippen LogP contribution in [0.25, 0.3) is 0 Å². The fourth-order valence-corrected chi connectivity index (χ4v) is 3.09. The number of hydrogen-bond donors (Lipinski definition) is 1. The molecular formula is C15H17ClN4O2S. The first-order valence-electron chi connectivity index (χ1n) is 7.18. The van der Waals surface area contributed by atoms with Crippen LogP contribution in [0.3, 0.4) is 0 Å². The van der Waals surface area contributed by atoms with E-state index in [2.05, 4.69) is 15.4 Å². The molecule has 1 fully saturated rings.